The number of carbonyl (C=O) groups is 1. The molecule has 124 valence electrons. The van der Waals surface area contributed by atoms with Crippen LogP contribution in [-0.4, -0.2) is 13.0 Å². The zero-order chi connectivity index (χ0) is 17.5. The number of ether oxygens (including phenoxy) is 1. The van der Waals surface area contributed by atoms with Gasteiger partial charge in [0.2, 0.25) is 0 Å². The van der Waals surface area contributed by atoms with E-state index in [1.54, 1.807) is 18.2 Å². The summed E-state index contributed by atoms with van der Waals surface area (Å²) < 4.78 is 43.9. The Morgan fingerprint density at radius 2 is 1.92 bits per heavy atom. The van der Waals surface area contributed by atoms with Crippen molar-refractivity contribution < 1.29 is 22.7 Å². The fraction of sp³-hybridized carbons (Fsp3) is 0.118. The number of carbonyl (C=O) groups excluding carboxylic acids is 1. The van der Waals surface area contributed by atoms with Gasteiger partial charge < -0.3 is 10.1 Å². The van der Waals surface area contributed by atoms with Gasteiger partial charge in [0.1, 0.15) is 5.75 Å². The Kier molecular flexibility index (Phi) is 4.01. The minimum atomic E-state index is -4.51. The van der Waals surface area contributed by atoms with Crippen molar-refractivity contribution in [2.45, 2.75) is 6.18 Å². The summed E-state index contributed by atoms with van der Waals surface area (Å²) in [4.78, 5) is 12.1. The fourth-order valence-corrected chi connectivity index (χ4v) is 2.64. The predicted molar refractivity (Wildman–Crippen MR) is 85.9 cm³/mol. The Hall–Kier alpha value is -2.47. The second-order valence-corrected chi connectivity index (χ2v) is 5.63. The van der Waals surface area contributed by atoms with Crippen molar-refractivity contribution in [3.63, 3.8) is 0 Å². The molecule has 3 rings (SSSR count). The summed E-state index contributed by atoms with van der Waals surface area (Å²) in [5, 5.41) is 3.09. The molecule has 1 aliphatic heterocycles. The van der Waals surface area contributed by atoms with Crippen LogP contribution in [0.4, 0.5) is 18.9 Å². The first kappa shape index (κ1) is 16.4. The van der Waals surface area contributed by atoms with Gasteiger partial charge in [-0.3, -0.25) is 4.79 Å². The van der Waals surface area contributed by atoms with Gasteiger partial charge in [-0.05, 0) is 42.0 Å². The molecule has 1 aliphatic rings. The van der Waals surface area contributed by atoms with E-state index in [4.69, 9.17) is 16.3 Å². The SMILES string of the molecule is COc1cc(/C=C2/C(=O)Nc3cc(Cl)ccc32)cc(C(F)(F)F)c1. The Labute approximate surface area is 140 Å². The third-order valence-electron chi connectivity index (χ3n) is 3.57. The highest BCUT2D eigenvalue weighted by Crippen LogP contribution is 2.37. The van der Waals surface area contributed by atoms with Crippen molar-refractivity contribution in [2.75, 3.05) is 12.4 Å². The lowest BCUT2D eigenvalue weighted by molar-refractivity contribution is -0.137. The van der Waals surface area contributed by atoms with Crippen LogP contribution in [0.25, 0.3) is 11.6 Å². The third-order valence-corrected chi connectivity index (χ3v) is 3.80. The highest BCUT2D eigenvalue weighted by Gasteiger charge is 2.31. The van der Waals surface area contributed by atoms with Gasteiger partial charge in [-0.15, -0.1) is 0 Å². The molecule has 0 aliphatic carbocycles. The lowest BCUT2D eigenvalue weighted by Crippen LogP contribution is -2.06. The average Bonchev–Trinajstić information content (AvgIpc) is 2.81. The van der Waals surface area contributed by atoms with Gasteiger partial charge in [0.15, 0.2) is 0 Å². The van der Waals surface area contributed by atoms with E-state index in [1.807, 2.05) is 0 Å². The van der Waals surface area contributed by atoms with E-state index in [9.17, 15) is 18.0 Å². The molecule has 0 atom stereocenters. The molecule has 1 N–H and O–H groups in total. The summed E-state index contributed by atoms with van der Waals surface area (Å²) in [5.74, 6) is -0.338. The van der Waals surface area contributed by atoms with E-state index < -0.39 is 17.6 Å². The van der Waals surface area contributed by atoms with Crippen molar-refractivity contribution in [1.29, 1.82) is 0 Å². The average molecular weight is 354 g/mol. The topological polar surface area (TPSA) is 38.3 Å². The highest BCUT2D eigenvalue weighted by molar-refractivity contribution is 6.36. The summed E-state index contributed by atoms with van der Waals surface area (Å²) in [7, 11) is 1.28. The van der Waals surface area contributed by atoms with Crippen LogP contribution >= 0.6 is 11.6 Å². The molecule has 1 amide bonds. The van der Waals surface area contributed by atoms with Crippen molar-refractivity contribution in [3.8, 4) is 5.75 Å². The van der Waals surface area contributed by atoms with Crippen molar-refractivity contribution in [2.24, 2.45) is 0 Å². The Morgan fingerprint density at radius 1 is 1.17 bits per heavy atom. The maximum atomic E-state index is 13.0. The Balaban J connectivity index is 2.11. The van der Waals surface area contributed by atoms with E-state index in [0.717, 1.165) is 12.1 Å². The number of benzene rings is 2. The molecule has 0 unspecified atom stereocenters. The van der Waals surface area contributed by atoms with Crippen molar-refractivity contribution >= 4 is 34.8 Å². The smallest absolute Gasteiger partial charge is 0.416 e. The molecule has 0 saturated carbocycles. The van der Waals surface area contributed by atoms with Gasteiger partial charge in [-0.25, -0.2) is 0 Å². The number of rotatable bonds is 2. The van der Waals surface area contributed by atoms with Gasteiger partial charge in [0.25, 0.3) is 5.91 Å². The number of hydrogen-bond acceptors (Lipinski definition) is 2. The van der Waals surface area contributed by atoms with E-state index in [1.165, 1.54) is 19.3 Å². The number of amides is 1. The lowest BCUT2D eigenvalue weighted by atomic mass is 10.0. The molecule has 0 bridgehead atoms. The van der Waals surface area contributed by atoms with Gasteiger partial charge in [-0.1, -0.05) is 17.7 Å². The number of alkyl halides is 3. The van der Waals surface area contributed by atoms with Crippen LogP contribution in [0.3, 0.4) is 0 Å². The van der Waals surface area contributed by atoms with E-state index in [2.05, 4.69) is 5.32 Å². The number of hydrogen-bond donors (Lipinski definition) is 1. The van der Waals surface area contributed by atoms with E-state index >= 15 is 0 Å². The van der Waals surface area contributed by atoms with Crippen LogP contribution < -0.4 is 10.1 Å². The number of anilines is 1. The molecule has 2 aromatic carbocycles. The minimum Gasteiger partial charge on any atom is -0.497 e. The molecule has 7 heteroatoms. The number of fused-ring (bicyclic) bond motifs is 1. The second-order valence-electron chi connectivity index (χ2n) is 5.19. The quantitative estimate of drug-likeness (QED) is 0.783. The summed E-state index contributed by atoms with van der Waals surface area (Å²) in [6.07, 6.45) is -3.11. The Bertz CT molecular complexity index is 859. The molecule has 1 heterocycles. The van der Waals surface area contributed by atoms with Crippen molar-refractivity contribution in [1.82, 2.24) is 0 Å². The number of methoxy groups -OCH3 is 1. The first-order valence-corrected chi connectivity index (χ1v) is 7.25. The van der Waals surface area contributed by atoms with Gasteiger partial charge in [0.05, 0.1) is 18.4 Å². The van der Waals surface area contributed by atoms with Gasteiger partial charge >= 0.3 is 6.18 Å². The van der Waals surface area contributed by atoms with E-state index in [-0.39, 0.29) is 16.9 Å². The fourth-order valence-electron chi connectivity index (χ4n) is 2.46. The second kappa shape index (κ2) is 5.87. The predicted octanol–water partition coefficient (Wildman–Crippen LogP) is 4.86. The number of nitrogens with one attached hydrogen (secondary N) is 1. The van der Waals surface area contributed by atoms with Crippen LogP contribution in [0.1, 0.15) is 16.7 Å². The number of halogens is 4. The first-order valence-electron chi connectivity index (χ1n) is 6.87. The zero-order valence-electron chi connectivity index (χ0n) is 12.4. The van der Waals surface area contributed by atoms with Gasteiger partial charge in [0, 0.05) is 16.2 Å². The molecule has 24 heavy (non-hydrogen) atoms. The minimum absolute atomic E-state index is 0.0615. The largest absolute Gasteiger partial charge is 0.497 e. The van der Waals surface area contributed by atoms with Crippen LogP contribution in [0.15, 0.2) is 36.4 Å². The monoisotopic (exact) mass is 353 g/mol. The highest BCUT2D eigenvalue weighted by atomic mass is 35.5. The Morgan fingerprint density at radius 3 is 2.58 bits per heavy atom. The molecular formula is C17H11ClF3NO2. The van der Waals surface area contributed by atoms with E-state index in [0.29, 0.717) is 16.3 Å². The third kappa shape index (κ3) is 3.10. The standard InChI is InChI=1S/C17H11ClF3NO2/c1-24-12-5-9(4-10(7-12)17(19,20)21)6-14-13-3-2-11(18)8-15(13)22-16(14)23/h2-8H,1H3,(H,22,23)/b14-6+. The molecule has 0 saturated heterocycles. The molecule has 0 radical (unpaired) electrons. The normalized spacial score (nSPS) is 15.4. The molecule has 0 spiro atoms. The van der Waals surface area contributed by atoms with Crippen LogP contribution in [0, 0.1) is 0 Å². The molecular weight excluding hydrogens is 343 g/mol. The summed E-state index contributed by atoms with van der Waals surface area (Å²) >= 11 is 5.88. The lowest BCUT2D eigenvalue weighted by Gasteiger charge is -2.10. The molecule has 3 nitrogen and oxygen atoms in total. The van der Waals surface area contributed by atoms with Crippen LogP contribution in [0.5, 0.6) is 5.75 Å². The summed E-state index contributed by atoms with van der Waals surface area (Å²) in [6, 6.07) is 8.15. The summed E-state index contributed by atoms with van der Waals surface area (Å²) in [6.45, 7) is 0. The van der Waals surface area contributed by atoms with Gasteiger partial charge in [-0.2, -0.15) is 13.2 Å². The summed E-state index contributed by atoms with van der Waals surface area (Å²) in [5.41, 5.74) is 0.750. The zero-order valence-corrected chi connectivity index (χ0v) is 13.1. The molecule has 0 fully saturated rings. The maximum absolute atomic E-state index is 13.0. The maximum Gasteiger partial charge on any atom is 0.416 e. The van der Waals surface area contributed by atoms with Crippen molar-refractivity contribution in [3.05, 3.63) is 58.1 Å². The van der Waals surface area contributed by atoms with Crippen LogP contribution in [-0.2, 0) is 11.0 Å². The molecule has 2 aromatic rings. The van der Waals surface area contributed by atoms with Crippen LogP contribution in [0.2, 0.25) is 5.02 Å². The molecule has 0 aromatic heterocycles. The first-order chi connectivity index (χ1) is 11.3.